The normalized spacial score (nSPS) is 17.1. The van der Waals surface area contributed by atoms with Crippen LogP contribution in [-0.4, -0.2) is 34.5 Å². The summed E-state index contributed by atoms with van der Waals surface area (Å²) in [6.45, 7) is 8.25. The van der Waals surface area contributed by atoms with E-state index in [-0.39, 0.29) is 12.7 Å². The third-order valence-corrected chi connectivity index (χ3v) is 2.15. The molecule has 5 nitrogen and oxygen atoms in total. The highest BCUT2D eigenvalue weighted by Gasteiger charge is 2.19. The van der Waals surface area contributed by atoms with E-state index in [1.165, 1.54) is 0 Å². The van der Waals surface area contributed by atoms with Crippen molar-refractivity contribution in [2.75, 3.05) is 13.2 Å². The zero-order valence-electron chi connectivity index (χ0n) is 10.0. The maximum absolute atomic E-state index is 9.40. The predicted octanol–water partition coefficient (Wildman–Crippen LogP) is 0.332. The Labute approximate surface area is 91.7 Å². The Kier molecular flexibility index (Phi) is 7.11. The van der Waals surface area contributed by atoms with Crippen molar-refractivity contribution in [1.29, 1.82) is 0 Å². The van der Waals surface area contributed by atoms with Crippen LogP contribution in [0.5, 0.6) is 0 Å². The predicted molar refractivity (Wildman–Crippen MR) is 60.4 cm³/mol. The lowest BCUT2D eigenvalue weighted by Crippen LogP contribution is -2.42. The molecule has 4 N–H and O–H groups in total. The fourth-order valence-corrected chi connectivity index (χ4v) is 1.19. The summed E-state index contributed by atoms with van der Waals surface area (Å²) < 4.78 is 0. The fraction of sp³-hybridized carbons (Fsp3) is 0.800. The SMILES string of the molecule is CC.CCC(O)CN1NNC(C)=C1CO. The molecule has 0 aliphatic carbocycles. The molecule has 1 aliphatic rings. The highest BCUT2D eigenvalue weighted by Crippen LogP contribution is 2.11. The molecule has 15 heavy (non-hydrogen) atoms. The van der Waals surface area contributed by atoms with Crippen molar-refractivity contribution < 1.29 is 10.2 Å². The number of β-amino-alcohol motifs (C(OH)–C–C–N with tert-alkyl or cyclic N) is 1. The van der Waals surface area contributed by atoms with E-state index in [0.717, 1.165) is 11.4 Å². The summed E-state index contributed by atoms with van der Waals surface area (Å²) in [5.74, 6) is 0. The monoisotopic (exact) mass is 217 g/mol. The Balaban J connectivity index is 0.000000921. The minimum Gasteiger partial charge on any atom is -0.391 e. The summed E-state index contributed by atoms with van der Waals surface area (Å²) in [6.07, 6.45) is 0.331. The van der Waals surface area contributed by atoms with Crippen molar-refractivity contribution in [3.8, 4) is 0 Å². The van der Waals surface area contributed by atoms with Crippen LogP contribution in [0.4, 0.5) is 0 Å². The average Bonchev–Trinajstić information content (AvgIpc) is 2.62. The molecule has 1 aliphatic heterocycles. The Morgan fingerprint density at radius 3 is 2.47 bits per heavy atom. The van der Waals surface area contributed by atoms with Crippen LogP contribution in [-0.2, 0) is 0 Å². The Hall–Kier alpha value is -0.780. The van der Waals surface area contributed by atoms with E-state index in [0.29, 0.717) is 13.0 Å². The van der Waals surface area contributed by atoms with Crippen LogP contribution >= 0.6 is 0 Å². The van der Waals surface area contributed by atoms with Crippen molar-refractivity contribution >= 4 is 0 Å². The molecule has 0 saturated carbocycles. The number of hydrogen-bond donors (Lipinski definition) is 4. The van der Waals surface area contributed by atoms with Crippen LogP contribution in [0.15, 0.2) is 11.4 Å². The van der Waals surface area contributed by atoms with Gasteiger partial charge in [-0.05, 0) is 13.3 Å². The number of hydrazine groups is 2. The van der Waals surface area contributed by atoms with Crippen molar-refractivity contribution in [2.24, 2.45) is 0 Å². The molecular formula is C10H23N3O2. The summed E-state index contributed by atoms with van der Waals surface area (Å²) in [5, 5.41) is 20.2. The van der Waals surface area contributed by atoms with E-state index >= 15 is 0 Å². The summed E-state index contributed by atoms with van der Waals surface area (Å²) >= 11 is 0. The van der Waals surface area contributed by atoms with Crippen LogP contribution in [0.25, 0.3) is 0 Å². The molecule has 1 unspecified atom stereocenters. The molecule has 0 aromatic heterocycles. The van der Waals surface area contributed by atoms with Crippen LogP contribution in [0.1, 0.15) is 34.1 Å². The standard InChI is InChI=1S/C8H17N3O2.C2H6/c1-3-7(13)4-11-8(5-12)6(2)9-10-11;1-2/h7,9-10,12-13H,3-5H2,1-2H3;1-2H3. The molecule has 90 valence electrons. The molecule has 0 radical (unpaired) electrons. The second-order valence-electron chi connectivity index (χ2n) is 3.14. The van der Waals surface area contributed by atoms with E-state index in [2.05, 4.69) is 11.0 Å². The third-order valence-electron chi connectivity index (χ3n) is 2.15. The van der Waals surface area contributed by atoms with E-state index < -0.39 is 0 Å². The van der Waals surface area contributed by atoms with E-state index in [1.54, 1.807) is 5.01 Å². The molecule has 1 heterocycles. The number of rotatable bonds is 4. The summed E-state index contributed by atoms with van der Waals surface area (Å²) in [6, 6.07) is 0. The lowest BCUT2D eigenvalue weighted by molar-refractivity contribution is 0.0952. The Morgan fingerprint density at radius 1 is 1.40 bits per heavy atom. The van der Waals surface area contributed by atoms with Crippen LogP contribution in [0.3, 0.4) is 0 Å². The van der Waals surface area contributed by atoms with Crippen LogP contribution in [0, 0.1) is 0 Å². The van der Waals surface area contributed by atoms with Crippen molar-refractivity contribution in [3.63, 3.8) is 0 Å². The smallest absolute Gasteiger partial charge is 0.0862 e. The molecule has 0 aromatic rings. The maximum Gasteiger partial charge on any atom is 0.0862 e. The summed E-state index contributed by atoms with van der Waals surface area (Å²) in [7, 11) is 0. The van der Waals surface area contributed by atoms with Gasteiger partial charge in [0, 0.05) is 5.70 Å². The topological polar surface area (TPSA) is 67.8 Å². The summed E-state index contributed by atoms with van der Waals surface area (Å²) in [5.41, 5.74) is 7.43. The Bertz CT molecular complexity index is 207. The lowest BCUT2D eigenvalue weighted by Gasteiger charge is -2.22. The zero-order chi connectivity index (χ0) is 11.8. The first-order valence-electron chi connectivity index (χ1n) is 5.47. The molecule has 0 bridgehead atoms. The molecule has 1 rings (SSSR count). The molecule has 0 aromatic carbocycles. The van der Waals surface area contributed by atoms with Crippen molar-refractivity contribution in [2.45, 2.75) is 40.2 Å². The Morgan fingerprint density at radius 2 is 2.00 bits per heavy atom. The third kappa shape index (κ3) is 4.07. The molecule has 5 heteroatoms. The first kappa shape index (κ1) is 14.2. The highest BCUT2D eigenvalue weighted by atomic mass is 16.3. The van der Waals surface area contributed by atoms with Gasteiger partial charge >= 0.3 is 0 Å². The first-order valence-corrected chi connectivity index (χ1v) is 5.47. The fourth-order valence-electron chi connectivity index (χ4n) is 1.19. The maximum atomic E-state index is 9.40. The molecular weight excluding hydrogens is 194 g/mol. The summed E-state index contributed by atoms with van der Waals surface area (Å²) in [4.78, 5) is 0. The van der Waals surface area contributed by atoms with Crippen molar-refractivity contribution in [1.82, 2.24) is 16.0 Å². The second-order valence-corrected chi connectivity index (χ2v) is 3.14. The van der Waals surface area contributed by atoms with E-state index in [9.17, 15) is 5.11 Å². The van der Waals surface area contributed by atoms with Gasteiger partial charge in [-0.3, -0.25) is 5.01 Å². The van der Waals surface area contributed by atoms with Gasteiger partial charge < -0.3 is 15.6 Å². The van der Waals surface area contributed by atoms with Crippen molar-refractivity contribution in [3.05, 3.63) is 11.4 Å². The van der Waals surface area contributed by atoms with Gasteiger partial charge in [-0.2, -0.15) is 0 Å². The molecule has 1 atom stereocenters. The van der Waals surface area contributed by atoms with Crippen LogP contribution in [0.2, 0.25) is 0 Å². The van der Waals surface area contributed by atoms with Crippen LogP contribution < -0.4 is 11.0 Å². The number of nitrogens with zero attached hydrogens (tertiary/aromatic N) is 1. The molecule has 0 saturated heterocycles. The zero-order valence-corrected chi connectivity index (χ0v) is 10.0. The number of allylic oxidation sites excluding steroid dienone is 1. The number of aliphatic hydroxyl groups excluding tert-OH is 2. The molecule has 0 amide bonds. The van der Waals surface area contributed by atoms with Gasteiger partial charge in [0.25, 0.3) is 0 Å². The van der Waals surface area contributed by atoms with Gasteiger partial charge in [-0.15, -0.1) is 5.53 Å². The van der Waals surface area contributed by atoms with Gasteiger partial charge in [0.05, 0.1) is 25.0 Å². The minimum atomic E-state index is -0.373. The number of hydrogen-bond acceptors (Lipinski definition) is 5. The minimum absolute atomic E-state index is 0.0255. The largest absolute Gasteiger partial charge is 0.391 e. The molecule has 0 spiro atoms. The van der Waals surface area contributed by atoms with Gasteiger partial charge in [0.2, 0.25) is 0 Å². The van der Waals surface area contributed by atoms with E-state index in [4.69, 9.17) is 5.11 Å². The van der Waals surface area contributed by atoms with Gasteiger partial charge in [-0.25, -0.2) is 0 Å². The highest BCUT2D eigenvalue weighted by molar-refractivity contribution is 5.12. The lowest BCUT2D eigenvalue weighted by atomic mass is 10.2. The van der Waals surface area contributed by atoms with E-state index in [1.807, 2.05) is 27.7 Å². The average molecular weight is 217 g/mol. The quantitative estimate of drug-likeness (QED) is 0.546. The number of nitrogens with one attached hydrogen (secondary N) is 2. The van der Waals surface area contributed by atoms with Gasteiger partial charge in [0.15, 0.2) is 0 Å². The number of aliphatic hydroxyl groups is 2. The second kappa shape index (κ2) is 7.50. The molecule has 0 fully saturated rings. The van der Waals surface area contributed by atoms with Gasteiger partial charge in [0.1, 0.15) is 0 Å². The van der Waals surface area contributed by atoms with Gasteiger partial charge in [-0.1, -0.05) is 20.8 Å². The first-order chi connectivity index (χ1) is 7.19.